The SMILES string of the molecule is CN(C)c1cc(CNC(=O)c2ccc3nncn3c2)c2ccccc2n1. The first-order valence-corrected chi connectivity index (χ1v) is 8.25. The maximum atomic E-state index is 12.5. The van der Waals surface area contributed by atoms with E-state index in [0.29, 0.717) is 17.8 Å². The van der Waals surface area contributed by atoms with Crippen molar-refractivity contribution in [1.82, 2.24) is 24.9 Å². The molecular weight excluding hydrogens is 328 g/mol. The number of aromatic nitrogens is 4. The van der Waals surface area contributed by atoms with Crippen LogP contribution in [0.4, 0.5) is 5.82 Å². The second kappa shape index (κ2) is 6.44. The van der Waals surface area contributed by atoms with Gasteiger partial charge in [-0.05, 0) is 29.8 Å². The van der Waals surface area contributed by atoms with Crippen molar-refractivity contribution in [3.63, 3.8) is 0 Å². The van der Waals surface area contributed by atoms with Gasteiger partial charge < -0.3 is 10.2 Å². The average molecular weight is 346 g/mol. The summed E-state index contributed by atoms with van der Waals surface area (Å²) in [6.45, 7) is 0.420. The molecule has 0 aliphatic rings. The third-order valence-electron chi connectivity index (χ3n) is 4.24. The van der Waals surface area contributed by atoms with Gasteiger partial charge in [0, 0.05) is 32.2 Å². The maximum absolute atomic E-state index is 12.5. The van der Waals surface area contributed by atoms with Crippen molar-refractivity contribution in [2.45, 2.75) is 6.54 Å². The molecule has 3 heterocycles. The fourth-order valence-electron chi connectivity index (χ4n) is 2.85. The van der Waals surface area contributed by atoms with Gasteiger partial charge in [0.25, 0.3) is 5.91 Å². The van der Waals surface area contributed by atoms with Crippen LogP contribution in [-0.4, -0.2) is 39.6 Å². The molecule has 0 radical (unpaired) electrons. The number of carbonyl (C=O) groups is 1. The lowest BCUT2D eigenvalue weighted by atomic mass is 10.1. The van der Waals surface area contributed by atoms with E-state index in [-0.39, 0.29) is 5.91 Å². The van der Waals surface area contributed by atoms with E-state index in [9.17, 15) is 4.79 Å². The van der Waals surface area contributed by atoms with Gasteiger partial charge in [0.1, 0.15) is 12.1 Å². The quantitative estimate of drug-likeness (QED) is 0.613. The number of anilines is 1. The molecule has 3 aromatic heterocycles. The maximum Gasteiger partial charge on any atom is 0.253 e. The number of nitrogens with zero attached hydrogens (tertiary/aromatic N) is 5. The summed E-state index contributed by atoms with van der Waals surface area (Å²) in [5.74, 6) is 0.715. The summed E-state index contributed by atoms with van der Waals surface area (Å²) < 4.78 is 1.72. The van der Waals surface area contributed by atoms with Gasteiger partial charge in [-0.2, -0.15) is 0 Å². The Bertz CT molecular complexity index is 1100. The van der Waals surface area contributed by atoms with Crippen LogP contribution in [0.3, 0.4) is 0 Å². The molecule has 0 unspecified atom stereocenters. The Labute approximate surface area is 150 Å². The summed E-state index contributed by atoms with van der Waals surface area (Å²) in [6.07, 6.45) is 3.30. The number of benzene rings is 1. The lowest BCUT2D eigenvalue weighted by Crippen LogP contribution is -2.23. The Balaban J connectivity index is 1.61. The van der Waals surface area contributed by atoms with Crippen LogP contribution < -0.4 is 10.2 Å². The van der Waals surface area contributed by atoms with Crippen LogP contribution in [0.2, 0.25) is 0 Å². The average Bonchev–Trinajstić information content (AvgIpc) is 3.13. The zero-order chi connectivity index (χ0) is 18.1. The Kier molecular flexibility index (Phi) is 3.96. The first kappa shape index (κ1) is 16.0. The fourth-order valence-corrected chi connectivity index (χ4v) is 2.85. The van der Waals surface area contributed by atoms with E-state index in [0.717, 1.165) is 22.3 Å². The molecule has 1 aromatic carbocycles. The molecule has 7 heteroatoms. The summed E-state index contributed by atoms with van der Waals surface area (Å²) in [6, 6.07) is 13.5. The molecule has 4 rings (SSSR count). The van der Waals surface area contributed by atoms with Crippen LogP contribution in [-0.2, 0) is 6.54 Å². The summed E-state index contributed by atoms with van der Waals surface area (Å²) in [7, 11) is 3.90. The molecule has 0 bridgehead atoms. The highest BCUT2D eigenvalue weighted by atomic mass is 16.1. The zero-order valence-electron chi connectivity index (χ0n) is 14.5. The van der Waals surface area contributed by atoms with E-state index in [1.54, 1.807) is 29.1 Å². The predicted molar refractivity (Wildman–Crippen MR) is 100 cm³/mol. The highest BCUT2D eigenvalue weighted by molar-refractivity contribution is 5.94. The smallest absolute Gasteiger partial charge is 0.253 e. The van der Waals surface area contributed by atoms with Gasteiger partial charge in [-0.25, -0.2) is 4.98 Å². The van der Waals surface area contributed by atoms with Crippen molar-refractivity contribution in [2.75, 3.05) is 19.0 Å². The van der Waals surface area contributed by atoms with Gasteiger partial charge in [0.15, 0.2) is 5.65 Å². The van der Waals surface area contributed by atoms with E-state index in [1.807, 2.05) is 49.3 Å². The molecule has 0 atom stereocenters. The first-order chi connectivity index (χ1) is 12.6. The molecule has 0 fully saturated rings. The van der Waals surface area contributed by atoms with Gasteiger partial charge in [0.05, 0.1) is 11.1 Å². The summed E-state index contributed by atoms with van der Waals surface area (Å²) in [5, 5.41) is 11.8. The number of fused-ring (bicyclic) bond motifs is 2. The van der Waals surface area contributed by atoms with Gasteiger partial charge in [0.2, 0.25) is 0 Å². The van der Waals surface area contributed by atoms with Gasteiger partial charge >= 0.3 is 0 Å². The molecule has 7 nitrogen and oxygen atoms in total. The number of carbonyl (C=O) groups excluding carboxylic acids is 1. The number of rotatable bonds is 4. The van der Waals surface area contributed by atoms with Crippen LogP contribution in [0.1, 0.15) is 15.9 Å². The lowest BCUT2D eigenvalue weighted by Gasteiger charge is -2.15. The molecule has 1 N–H and O–H groups in total. The second-order valence-electron chi connectivity index (χ2n) is 6.25. The minimum Gasteiger partial charge on any atom is -0.363 e. The highest BCUT2D eigenvalue weighted by Crippen LogP contribution is 2.22. The molecule has 0 aliphatic carbocycles. The van der Waals surface area contributed by atoms with Crippen molar-refractivity contribution in [2.24, 2.45) is 0 Å². The first-order valence-electron chi connectivity index (χ1n) is 8.25. The number of hydrogen-bond acceptors (Lipinski definition) is 5. The van der Waals surface area contributed by atoms with Crippen LogP contribution in [0, 0.1) is 0 Å². The van der Waals surface area contributed by atoms with E-state index in [1.165, 1.54) is 0 Å². The third kappa shape index (κ3) is 2.95. The largest absolute Gasteiger partial charge is 0.363 e. The van der Waals surface area contributed by atoms with Crippen molar-refractivity contribution < 1.29 is 4.79 Å². The number of hydrogen-bond donors (Lipinski definition) is 1. The number of pyridine rings is 2. The van der Waals surface area contributed by atoms with Crippen molar-refractivity contribution in [3.05, 3.63) is 66.1 Å². The summed E-state index contributed by atoms with van der Waals surface area (Å²) >= 11 is 0. The van der Waals surface area contributed by atoms with Gasteiger partial charge in [-0.1, -0.05) is 18.2 Å². The molecule has 0 saturated carbocycles. The Morgan fingerprint density at radius 3 is 2.88 bits per heavy atom. The molecular formula is C19H18N6O. The van der Waals surface area contributed by atoms with Crippen LogP contribution in [0.15, 0.2) is 55.0 Å². The number of para-hydroxylation sites is 1. The topological polar surface area (TPSA) is 75.4 Å². The summed E-state index contributed by atoms with van der Waals surface area (Å²) in [5.41, 5.74) is 3.20. The Morgan fingerprint density at radius 1 is 1.19 bits per heavy atom. The van der Waals surface area contributed by atoms with Gasteiger partial charge in [-0.15, -0.1) is 10.2 Å². The minimum absolute atomic E-state index is 0.145. The van der Waals surface area contributed by atoms with Crippen LogP contribution in [0.25, 0.3) is 16.6 Å². The molecule has 0 spiro atoms. The third-order valence-corrected chi connectivity index (χ3v) is 4.24. The fraction of sp³-hybridized carbons (Fsp3) is 0.158. The zero-order valence-corrected chi connectivity index (χ0v) is 14.5. The Hall–Kier alpha value is -3.48. The van der Waals surface area contributed by atoms with Crippen molar-refractivity contribution in [3.8, 4) is 0 Å². The van der Waals surface area contributed by atoms with E-state index in [4.69, 9.17) is 0 Å². The molecule has 0 aliphatic heterocycles. The van der Waals surface area contributed by atoms with Crippen LogP contribution >= 0.6 is 0 Å². The van der Waals surface area contributed by atoms with Crippen LogP contribution in [0.5, 0.6) is 0 Å². The Morgan fingerprint density at radius 2 is 2.04 bits per heavy atom. The van der Waals surface area contributed by atoms with Crippen molar-refractivity contribution in [1.29, 1.82) is 0 Å². The van der Waals surface area contributed by atoms with Crippen molar-refractivity contribution >= 4 is 28.3 Å². The number of nitrogens with one attached hydrogen (secondary N) is 1. The molecule has 0 saturated heterocycles. The normalized spacial score (nSPS) is 11.0. The number of amides is 1. The monoisotopic (exact) mass is 346 g/mol. The second-order valence-corrected chi connectivity index (χ2v) is 6.25. The lowest BCUT2D eigenvalue weighted by molar-refractivity contribution is 0.0950. The molecule has 26 heavy (non-hydrogen) atoms. The van der Waals surface area contributed by atoms with E-state index in [2.05, 4.69) is 20.5 Å². The van der Waals surface area contributed by atoms with E-state index >= 15 is 0 Å². The molecule has 130 valence electrons. The van der Waals surface area contributed by atoms with Gasteiger partial charge in [-0.3, -0.25) is 9.20 Å². The van der Waals surface area contributed by atoms with E-state index < -0.39 is 0 Å². The standard InChI is InChI=1S/C19H18N6O/c1-24(2)18-9-14(15-5-3-4-6-16(15)22-18)10-20-19(26)13-7-8-17-23-21-12-25(17)11-13/h3-9,11-12H,10H2,1-2H3,(H,20,26). The predicted octanol–water partition coefficient (Wildman–Crippen LogP) is 2.27. The highest BCUT2D eigenvalue weighted by Gasteiger charge is 2.10. The molecule has 4 aromatic rings. The summed E-state index contributed by atoms with van der Waals surface area (Å²) in [4.78, 5) is 19.1. The minimum atomic E-state index is -0.145. The molecule has 1 amide bonds.